The molecular weight excluding hydrogens is 559 g/mol. The summed E-state index contributed by atoms with van der Waals surface area (Å²) in [4.78, 5) is 39.8. The van der Waals surface area contributed by atoms with E-state index in [9.17, 15) is 18.8 Å². The molecule has 0 aromatic heterocycles. The van der Waals surface area contributed by atoms with Crippen LogP contribution < -0.4 is 26.4 Å². The summed E-state index contributed by atoms with van der Waals surface area (Å²) in [7, 11) is 0. The molecule has 44 heavy (non-hydrogen) atoms. The number of halogens is 1. The summed E-state index contributed by atoms with van der Waals surface area (Å²) in [6.45, 7) is 2.99. The van der Waals surface area contributed by atoms with Gasteiger partial charge in [0.2, 0.25) is 11.8 Å². The molecule has 8 nitrogen and oxygen atoms in total. The monoisotopic (exact) mass is 596 g/mol. The number of benzene rings is 4. The summed E-state index contributed by atoms with van der Waals surface area (Å²) >= 11 is 0. The van der Waals surface area contributed by atoms with Gasteiger partial charge in [0.1, 0.15) is 11.6 Å². The molecule has 0 bridgehead atoms. The minimum atomic E-state index is -0.863. The van der Waals surface area contributed by atoms with Crippen molar-refractivity contribution in [2.75, 3.05) is 19.7 Å². The zero-order valence-corrected chi connectivity index (χ0v) is 24.6. The predicted octanol–water partition coefficient (Wildman–Crippen LogP) is 4.41. The number of hydrogen-bond donors (Lipinski definition) is 4. The van der Waals surface area contributed by atoms with Crippen LogP contribution in [-0.4, -0.2) is 37.4 Å². The van der Waals surface area contributed by atoms with Crippen molar-refractivity contribution in [3.8, 4) is 5.75 Å². The van der Waals surface area contributed by atoms with E-state index in [0.29, 0.717) is 35.6 Å². The summed E-state index contributed by atoms with van der Waals surface area (Å²) in [5.41, 5.74) is 9.08. The summed E-state index contributed by atoms with van der Waals surface area (Å²) < 4.78 is 19.7. The lowest BCUT2D eigenvalue weighted by Gasteiger charge is -2.22. The Morgan fingerprint density at radius 3 is 2.02 bits per heavy atom. The van der Waals surface area contributed by atoms with Crippen LogP contribution in [-0.2, 0) is 22.7 Å². The molecule has 2 atom stereocenters. The van der Waals surface area contributed by atoms with Gasteiger partial charge in [-0.25, -0.2) is 4.39 Å². The van der Waals surface area contributed by atoms with Gasteiger partial charge in [-0.15, -0.1) is 0 Å². The van der Waals surface area contributed by atoms with Gasteiger partial charge < -0.3 is 26.4 Å². The van der Waals surface area contributed by atoms with Gasteiger partial charge >= 0.3 is 0 Å². The Morgan fingerprint density at radius 2 is 1.36 bits per heavy atom. The molecule has 0 aliphatic carbocycles. The average molecular weight is 597 g/mol. The van der Waals surface area contributed by atoms with Gasteiger partial charge in [0.05, 0.1) is 18.4 Å². The molecule has 4 rings (SSSR count). The van der Waals surface area contributed by atoms with Crippen LogP contribution in [0.1, 0.15) is 51.4 Å². The molecule has 9 heteroatoms. The van der Waals surface area contributed by atoms with E-state index in [0.717, 1.165) is 11.1 Å². The maximum absolute atomic E-state index is 14.2. The van der Waals surface area contributed by atoms with Crippen LogP contribution in [0.3, 0.4) is 0 Å². The van der Waals surface area contributed by atoms with Crippen molar-refractivity contribution in [2.24, 2.45) is 5.73 Å². The third-order valence-corrected chi connectivity index (χ3v) is 7.19. The first kappa shape index (κ1) is 31.9. The second kappa shape index (κ2) is 16.0. The average Bonchev–Trinajstić information content (AvgIpc) is 3.05. The van der Waals surface area contributed by atoms with E-state index in [2.05, 4.69) is 16.0 Å². The first-order valence-corrected chi connectivity index (χ1v) is 14.5. The van der Waals surface area contributed by atoms with Crippen molar-refractivity contribution >= 4 is 17.7 Å². The first-order chi connectivity index (χ1) is 21.4. The fourth-order valence-corrected chi connectivity index (χ4v) is 4.73. The minimum Gasteiger partial charge on any atom is -0.494 e. The standard InChI is InChI=1S/C35H37FN4O4/c1-2-44-30-17-15-26(16-18-30)31(22-39-33(41)27-7-4-3-5-8-27)34(42)40-23-32(28-9-6-10-29(36)19-28)35(43)38-21-25-13-11-24(20-37)12-14-25/h3-19,31-32H,2,20-23,37H2,1H3,(H,38,43)(H,39,41)(H,40,42)/t31-,32+/m1/s1. The quantitative estimate of drug-likeness (QED) is 0.172. The van der Waals surface area contributed by atoms with Gasteiger partial charge in [-0.1, -0.05) is 66.7 Å². The molecule has 0 heterocycles. The van der Waals surface area contributed by atoms with Crippen LogP contribution in [0.4, 0.5) is 4.39 Å². The number of rotatable bonds is 14. The molecule has 4 aromatic rings. The van der Waals surface area contributed by atoms with E-state index >= 15 is 0 Å². The molecule has 0 saturated carbocycles. The van der Waals surface area contributed by atoms with Gasteiger partial charge in [0, 0.05) is 31.7 Å². The Kier molecular flexibility index (Phi) is 11.6. The van der Waals surface area contributed by atoms with Crippen LogP contribution >= 0.6 is 0 Å². The molecule has 4 aromatic carbocycles. The number of nitrogens with one attached hydrogen (secondary N) is 3. The topological polar surface area (TPSA) is 123 Å². The van der Waals surface area contributed by atoms with Gasteiger partial charge in [0.15, 0.2) is 0 Å². The zero-order valence-electron chi connectivity index (χ0n) is 24.6. The Hall–Kier alpha value is -5.02. The van der Waals surface area contributed by atoms with Crippen molar-refractivity contribution in [1.29, 1.82) is 0 Å². The third kappa shape index (κ3) is 8.99. The summed E-state index contributed by atoms with van der Waals surface area (Å²) in [5.74, 6) is -2.54. The lowest BCUT2D eigenvalue weighted by atomic mass is 9.95. The van der Waals surface area contributed by atoms with Crippen molar-refractivity contribution in [3.05, 3.63) is 137 Å². The zero-order chi connectivity index (χ0) is 31.3. The Bertz CT molecular complexity index is 1530. The van der Waals surface area contributed by atoms with Crippen LogP contribution in [0.25, 0.3) is 0 Å². The molecule has 0 radical (unpaired) electrons. The molecule has 0 fully saturated rings. The lowest BCUT2D eigenvalue weighted by molar-refractivity contribution is -0.124. The van der Waals surface area contributed by atoms with Gasteiger partial charge in [-0.05, 0) is 65.6 Å². The van der Waals surface area contributed by atoms with Gasteiger partial charge in [-0.3, -0.25) is 14.4 Å². The van der Waals surface area contributed by atoms with Crippen molar-refractivity contribution in [2.45, 2.75) is 31.8 Å². The Labute approximate surface area is 256 Å². The number of amides is 3. The van der Waals surface area contributed by atoms with Crippen molar-refractivity contribution in [3.63, 3.8) is 0 Å². The fraction of sp³-hybridized carbons (Fsp3) is 0.229. The third-order valence-electron chi connectivity index (χ3n) is 7.19. The highest BCUT2D eigenvalue weighted by molar-refractivity contribution is 5.95. The van der Waals surface area contributed by atoms with E-state index < -0.39 is 23.6 Å². The van der Waals surface area contributed by atoms with Crippen LogP contribution in [0.2, 0.25) is 0 Å². The number of carbonyl (C=O) groups excluding carboxylic acids is 3. The van der Waals surface area contributed by atoms with E-state index in [1.807, 2.05) is 37.3 Å². The molecule has 0 saturated heterocycles. The summed E-state index contributed by atoms with van der Waals surface area (Å²) in [6, 6.07) is 29.1. The number of hydrogen-bond acceptors (Lipinski definition) is 5. The van der Waals surface area contributed by atoms with Gasteiger partial charge in [-0.2, -0.15) is 0 Å². The molecule has 3 amide bonds. The van der Waals surface area contributed by atoms with E-state index in [4.69, 9.17) is 10.5 Å². The second-order valence-corrected chi connectivity index (χ2v) is 10.2. The summed E-state index contributed by atoms with van der Waals surface area (Å²) in [5, 5.41) is 8.63. The molecular formula is C35H37FN4O4. The van der Waals surface area contributed by atoms with Gasteiger partial charge in [0.25, 0.3) is 5.91 Å². The normalized spacial score (nSPS) is 12.1. The largest absolute Gasteiger partial charge is 0.494 e. The van der Waals surface area contributed by atoms with Crippen LogP contribution in [0, 0.1) is 5.82 Å². The fourth-order valence-electron chi connectivity index (χ4n) is 4.73. The van der Waals surface area contributed by atoms with Crippen LogP contribution in [0.5, 0.6) is 5.75 Å². The highest BCUT2D eigenvalue weighted by Crippen LogP contribution is 2.22. The highest BCUT2D eigenvalue weighted by atomic mass is 19.1. The number of carbonyl (C=O) groups is 3. The number of ether oxygens (including phenoxy) is 1. The molecule has 0 aliphatic heterocycles. The first-order valence-electron chi connectivity index (χ1n) is 14.5. The Morgan fingerprint density at radius 1 is 0.727 bits per heavy atom. The van der Waals surface area contributed by atoms with E-state index in [1.54, 1.807) is 54.6 Å². The number of nitrogens with two attached hydrogens (primary N) is 1. The van der Waals surface area contributed by atoms with E-state index in [1.165, 1.54) is 18.2 Å². The molecule has 228 valence electrons. The highest BCUT2D eigenvalue weighted by Gasteiger charge is 2.26. The Balaban J connectivity index is 1.50. The predicted molar refractivity (Wildman–Crippen MR) is 167 cm³/mol. The van der Waals surface area contributed by atoms with E-state index in [-0.39, 0.29) is 31.4 Å². The SMILES string of the molecule is CCOc1ccc([C@@H](CNC(=O)c2ccccc2)C(=O)NC[C@H](C(=O)NCc2ccc(CN)cc2)c2cccc(F)c2)cc1. The molecule has 0 aliphatic rings. The smallest absolute Gasteiger partial charge is 0.251 e. The molecule has 5 N–H and O–H groups in total. The second-order valence-electron chi connectivity index (χ2n) is 10.2. The van der Waals surface area contributed by atoms with Crippen LogP contribution in [0.15, 0.2) is 103 Å². The lowest BCUT2D eigenvalue weighted by Crippen LogP contribution is -2.41. The molecule has 0 spiro atoms. The minimum absolute atomic E-state index is 0.0170. The maximum Gasteiger partial charge on any atom is 0.251 e. The van der Waals surface area contributed by atoms with Crippen molar-refractivity contribution in [1.82, 2.24) is 16.0 Å². The maximum atomic E-state index is 14.2. The molecule has 0 unspecified atom stereocenters. The summed E-state index contributed by atoms with van der Waals surface area (Å²) in [6.07, 6.45) is 0. The van der Waals surface area contributed by atoms with Crippen molar-refractivity contribution < 1.29 is 23.5 Å².